The van der Waals surface area contributed by atoms with E-state index in [0.717, 1.165) is 34.3 Å². The van der Waals surface area contributed by atoms with Crippen LogP contribution in [0.15, 0.2) is 102 Å². The first-order chi connectivity index (χ1) is 23.9. The van der Waals surface area contributed by atoms with Gasteiger partial charge in [0.25, 0.3) is 16.4 Å². The van der Waals surface area contributed by atoms with Gasteiger partial charge in [-0.25, -0.2) is 30.4 Å². The number of alkyl halides is 2. The summed E-state index contributed by atoms with van der Waals surface area (Å²) in [5.74, 6) is -2.37. The highest BCUT2D eigenvalue weighted by Gasteiger charge is 2.32. The summed E-state index contributed by atoms with van der Waals surface area (Å²) in [6.07, 6.45) is -2.87. The van der Waals surface area contributed by atoms with E-state index in [1.807, 2.05) is 0 Å². The Bertz CT molecular complexity index is 2520. The Morgan fingerprint density at radius 3 is 2.10 bits per heavy atom. The second-order valence-electron chi connectivity index (χ2n) is 10.9. The molecule has 6 aromatic rings. The Kier molecular flexibility index (Phi) is 8.85. The number of rotatable bonds is 8. The first kappa shape index (κ1) is 33.8. The Labute approximate surface area is 288 Å². The molecule has 1 N–H and O–H groups in total. The van der Waals surface area contributed by atoms with Crippen molar-refractivity contribution >= 4 is 38.5 Å². The molecule has 0 amide bonds. The van der Waals surface area contributed by atoms with Crippen molar-refractivity contribution < 1.29 is 36.2 Å². The van der Waals surface area contributed by atoms with Crippen molar-refractivity contribution in [1.82, 2.24) is 3.97 Å². The van der Waals surface area contributed by atoms with Gasteiger partial charge in [0.2, 0.25) is 0 Å². The molecule has 0 radical (unpaired) electrons. The quantitative estimate of drug-likeness (QED) is 0.167. The number of halogens is 4. The molecule has 6 rings (SSSR count). The van der Waals surface area contributed by atoms with E-state index in [-0.39, 0.29) is 60.7 Å². The van der Waals surface area contributed by atoms with Gasteiger partial charge < -0.3 is 9.84 Å². The number of aromatic nitrogens is 1. The molecule has 0 aliphatic rings. The summed E-state index contributed by atoms with van der Waals surface area (Å²) >= 11 is 6.50. The zero-order valence-electron chi connectivity index (χ0n) is 25.7. The molecule has 0 fully saturated rings. The van der Waals surface area contributed by atoms with Crippen LogP contribution < -0.4 is 4.74 Å². The molecular weight excluding hydrogens is 691 g/mol. The Balaban J connectivity index is 1.79. The Morgan fingerprint density at radius 1 is 0.880 bits per heavy atom. The van der Waals surface area contributed by atoms with E-state index in [2.05, 4.69) is 12.1 Å². The predicted molar refractivity (Wildman–Crippen MR) is 180 cm³/mol. The fourth-order valence-electron chi connectivity index (χ4n) is 5.80. The van der Waals surface area contributed by atoms with Crippen LogP contribution in [0.25, 0.3) is 44.4 Å². The van der Waals surface area contributed by atoms with Crippen LogP contribution in [-0.2, 0) is 10.0 Å². The number of hydrogen-bond donors (Lipinski definition) is 1. The van der Waals surface area contributed by atoms with Crippen LogP contribution in [0.5, 0.6) is 5.75 Å². The molecule has 8 nitrogen and oxygen atoms in total. The number of nitriles is 2. The van der Waals surface area contributed by atoms with E-state index in [4.69, 9.17) is 16.3 Å². The minimum atomic E-state index is -4.74. The van der Waals surface area contributed by atoms with Crippen molar-refractivity contribution in [3.63, 3.8) is 0 Å². The molecule has 50 heavy (non-hydrogen) atoms. The van der Waals surface area contributed by atoms with Gasteiger partial charge in [-0.2, -0.15) is 10.5 Å². The zero-order valence-corrected chi connectivity index (χ0v) is 27.2. The summed E-state index contributed by atoms with van der Waals surface area (Å²) in [6.45, 7) is 0. The molecule has 13 heteroatoms. The third-order valence-corrected chi connectivity index (χ3v) is 10.1. The van der Waals surface area contributed by atoms with Crippen molar-refractivity contribution in [2.75, 3.05) is 7.11 Å². The lowest BCUT2D eigenvalue weighted by molar-refractivity contribution is 0.0696. The number of carboxylic acids is 1. The molecule has 0 unspecified atom stereocenters. The molecule has 1 heterocycles. The van der Waals surface area contributed by atoms with Gasteiger partial charge in [0.05, 0.1) is 52.0 Å². The van der Waals surface area contributed by atoms with Crippen LogP contribution >= 0.6 is 11.6 Å². The maximum atomic E-state index is 15.5. The lowest BCUT2D eigenvalue weighted by Gasteiger charge is -2.16. The maximum Gasteiger partial charge on any atom is 0.335 e. The molecular formula is C37H21ClF3N3O5S. The topological polar surface area (TPSA) is 133 Å². The van der Waals surface area contributed by atoms with Crippen molar-refractivity contribution in [3.8, 4) is 51.4 Å². The molecule has 0 atom stereocenters. The first-order valence-corrected chi connectivity index (χ1v) is 16.4. The van der Waals surface area contributed by atoms with Crippen LogP contribution in [0.3, 0.4) is 0 Å². The first-order valence-electron chi connectivity index (χ1n) is 14.5. The highest BCUT2D eigenvalue weighted by atomic mass is 35.5. The van der Waals surface area contributed by atoms with Crippen molar-refractivity contribution in [2.24, 2.45) is 0 Å². The predicted octanol–water partition coefficient (Wildman–Crippen LogP) is 9.06. The smallest absolute Gasteiger partial charge is 0.335 e. The molecule has 0 aliphatic heterocycles. The fraction of sp³-hybridized carbons (Fsp3) is 0.0541. The van der Waals surface area contributed by atoms with E-state index in [0.29, 0.717) is 11.1 Å². The van der Waals surface area contributed by atoms with Crippen LogP contribution in [0.2, 0.25) is 5.02 Å². The van der Waals surface area contributed by atoms with Crippen molar-refractivity contribution in [3.05, 3.63) is 130 Å². The molecule has 0 bridgehead atoms. The number of aromatic carboxylic acids is 1. The molecule has 248 valence electrons. The number of benzene rings is 5. The summed E-state index contributed by atoms with van der Waals surface area (Å²) in [6, 6.07) is 25.1. The fourth-order valence-corrected chi connectivity index (χ4v) is 7.62. The third kappa shape index (κ3) is 5.71. The highest BCUT2D eigenvalue weighted by Crippen LogP contribution is 2.47. The number of ether oxygens (including phenoxy) is 1. The molecule has 0 saturated carbocycles. The number of nitrogens with zero attached hydrogens (tertiary/aromatic N) is 3. The van der Waals surface area contributed by atoms with E-state index in [1.165, 1.54) is 49.6 Å². The summed E-state index contributed by atoms with van der Waals surface area (Å²) < 4.78 is 77.8. The number of carbonyl (C=O) groups is 1. The molecule has 1 aromatic heterocycles. The normalized spacial score (nSPS) is 11.4. The van der Waals surface area contributed by atoms with Gasteiger partial charge in [-0.3, -0.25) is 0 Å². The molecule has 5 aromatic carbocycles. The number of hydrogen-bond acceptors (Lipinski definition) is 6. The number of fused-ring (bicyclic) bond motifs is 1. The largest absolute Gasteiger partial charge is 0.494 e. The summed E-state index contributed by atoms with van der Waals surface area (Å²) in [4.78, 5) is 11.1. The van der Waals surface area contributed by atoms with Crippen LogP contribution in [0, 0.1) is 28.5 Å². The average Bonchev–Trinajstić information content (AvgIpc) is 3.44. The lowest BCUT2D eigenvalue weighted by atomic mass is 9.90. The summed E-state index contributed by atoms with van der Waals surface area (Å²) in [5.41, 5.74) is 0.418. The van der Waals surface area contributed by atoms with Crippen molar-refractivity contribution in [1.29, 1.82) is 10.5 Å². The SMILES string of the molecule is COc1cc2c(-c3c(C#N)cccc3C#N)c(-c3cccc(-c4ccc(C(=O)O)cc4Cl)c3)n(S(=O)(=O)c3ccc(C(F)F)cc3)c2cc1F. The monoisotopic (exact) mass is 711 g/mol. The highest BCUT2D eigenvalue weighted by molar-refractivity contribution is 7.90. The zero-order chi connectivity index (χ0) is 35.9. The van der Waals surface area contributed by atoms with Gasteiger partial charge in [0.15, 0.2) is 11.6 Å². The van der Waals surface area contributed by atoms with Gasteiger partial charge in [-0.1, -0.05) is 54.1 Å². The standard InChI is InChI=1S/C37H21ClF3N3O5S/c1-49-32-16-28-31(17-30(32)39)44(50(47,48)26-11-8-20(9-12-26)36(40)41)35(34(28)33-24(18-42)6-3-7-25(33)19-43)22-5-2-4-21(14-22)27-13-10-23(37(45)46)15-29(27)38/h2-17,36H,1H3,(H,45,46). The van der Waals surface area contributed by atoms with E-state index in [1.54, 1.807) is 24.3 Å². The molecule has 0 saturated heterocycles. The molecule has 0 spiro atoms. The number of carboxylic acid groups (broad SMARTS) is 1. The van der Waals surface area contributed by atoms with Gasteiger partial charge in [0.1, 0.15) is 0 Å². The van der Waals surface area contributed by atoms with E-state index < -0.39 is 38.7 Å². The van der Waals surface area contributed by atoms with Gasteiger partial charge in [-0.15, -0.1) is 0 Å². The Hall–Kier alpha value is -6.08. The summed E-state index contributed by atoms with van der Waals surface area (Å²) in [5, 5.41) is 30.0. The van der Waals surface area contributed by atoms with Gasteiger partial charge in [-0.05, 0) is 54.1 Å². The Morgan fingerprint density at radius 2 is 1.52 bits per heavy atom. The minimum absolute atomic E-state index is 0.00906. The average molecular weight is 712 g/mol. The third-order valence-electron chi connectivity index (χ3n) is 8.09. The van der Waals surface area contributed by atoms with E-state index in [9.17, 15) is 37.6 Å². The van der Waals surface area contributed by atoms with Gasteiger partial charge in [0, 0.05) is 44.3 Å². The van der Waals surface area contributed by atoms with E-state index >= 15 is 4.39 Å². The van der Waals surface area contributed by atoms with Crippen LogP contribution in [0.4, 0.5) is 13.2 Å². The maximum absolute atomic E-state index is 15.5. The molecule has 0 aliphatic carbocycles. The second kappa shape index (κ2) is 13.1. The summed E-state index contributed by atoms with van der Waals surface area (Å²) in [7, 11) is -3.52. The number of methoxy groups -OCH3 is 1. The van der Waals surface area contributed by atoms with Gasteiger partial charge >= 0.3 is 5.97 Å². The lowest BCUT2D eigenvalue weighted by Crippen LogP contribution is -2.14. The minimum Gasteiger partial charge on any atom is -0.494 e. The van der Waals surface area contributed by atoms with Crippen molar-refractivity contribution in [2.45, 2.75) is 11.3 Å². The van der Waals surface area contributed by atoms with Crippen LogP contribution in [-0.4, -0.2) is 30.6 Å². The van der Waals surface area contributed by atoms with Crippen LogP contribution in [0.1, 0.15) is 33.5 Å². The second-order valence-corrected chi connectivity index (χ2v) is 13.1.